The van der Waals surface area contributed by atoms with Crippen molar-refractivity contribution in [1.82, 2.24) is 4.90 Å². The van der Waals surface area contributed by atoms with Crippen LogP contribution in [0.3, 0.4) is 0 Å². The lowest BCUT2D eigenvalue weighted by Crippen LogP contribution is -2.69. The van der Waals surface area contributed by atoms with Crippen LogP contribution in [0.4, 0.5) is 10.5 Å². The number of allylic oxidation sites excluding steroid dienone is 1. The van der Waals surface area contributed by atoms with Gasteiger partial charge in [-0.15, -0.1) is 18.2 Å². The third-order valence-corrected chi connectivity index (χ3v) is 10.6. The van der Waals surface area contributed by atoms with E-state index in [2.05, 4.69) is 12.7 Å². The number of carbonyl (C=O) groups excluding carboxylic acids is 1. The first kappa shape index (κ1) is 42.0. The number of nitro benzene ring substituents is 1. The summed E-state index contributed by atoms with van der Waals surface area (Å²) >= 11 is 5.91. The zero-order valence-electron chi connectivity index (χ0n) is 32.2. The van der Waals surface area contributed by atoms with Crippen LogP contribution < -0.4 is 9.47 Å². The highest BCUT2D eigenvalue weighted by Crippen LogP contribution is 2.62. The topological polar surface area (TPSA) is 162 Å². The molecule has 0 aromatic heterocycles. The lowest BCUT2D eigenvalue weighted by molar-refractivity contribution is -0.384. The fourth-order valence-corrected chi connectivity index (χ4v) is 8.21. The maximum Gasteiger partial charge on any atom is 0.410 e. The molecule has 5 rings (SSSR count). The van der Waals surface area contributed by atoms with Gasteiger partial charge in [0.15, 0.2) is 0 Å². The van der Waals surface area contributed by atoms with Crippen molar-refractivity contribution in [3.05, 3.63) is 82.4 Å². The number of benzene rings is 2. The molecule has 0 saturated heterocycles. The van der Waals surface area contributed by atoms with E-state index >= 15 is 0 Å². The molecular formula is C41H54ClN3O10. The molecular weight excluding hydrogens is 730 g/mol. The molecule has 3 aliphatic rings. The Labute approximate surface area is 328 Å². The second kappa shape index (κ2) is 18.6. The number of amides is 1. The normalized spacial score (nSPS) is 24.8. The van der Waals surface area contributed by atoms with Crippen molar-refractivity contribution < 1.29 is 43.7 Å². The van der Waals surface area contributed by atoms with Crippen molar-refractivity contribution in [2.24, 2.45) is 22.9 Å². The number of carbonyl (C=O) groups is 1. The van der Waals surface area contributed by atoms with E-state index in [0.29, 0.717) is 35.8 Å². The van der Waals surface area contributed by atoms with Crippen LogP contribution in [-0.2, 0) is 14.3 Å². The van der Waals surface area contributed by atoms with E-state index < -0.39 is 34.4 Å². The molecule has 0 radical (unpaired) electrons. The smallest absolute Gasteiger partial charge is 0.410 e. The minimum atomic E-state index is -1.44. The molecule has 0 bridgehead atoms. The van der Waals surface area contributed by atoms with E-state index in [-0.39, 0.29) is 62.2 Å². The van der Waals surface area contributed by atoms with E-state index in [4.69, 9.17) is 40.5 Å². The molecule has 0 spiro atoms. The number of unbranched alkanes of at least 4 members (excludes halogenated alkanes) is 2. The van der Waals surface area contributed by atoms with Gasteiger partial charge in [-0.1, -0.05) is 36.2 Å². The first-order valence-corrected chi connectivity index (χ1v) is 19.5. The molecule has 2 N–H and O–H groups in total. The first-order valence-electron chi connectivity index (χ1n) is 19.0. The van der Waals surface area contributed by atoms with E-state index in [0.717, 1.165) is 36.8 Å². The zero-order valence-corrected chi connectivity index (χ0v) is 32.9. The number of ether oxygens (including phenoxy) is 4. The maximum absolute atomic E-state index is 13.7. The highest BCUT2D eigenvalue weighted by molar-refractivity contribution is 6.18. The lowest BCUT2D eigenvalue weighted by atomic mass is 9.55. The number of alkyl halides is 1. The molecule has 1 aliphatic heterocycles. The number of nitro groups is 1. The van der Waals surface area contributed by atoms with Crippen LogP contribution >= 0.6 is 11.6 Å². The minimum Gasteiger partial charge on any atom is -0.459 e. The summed E-state index contributed by atoms with van der Waals surface area (Å²) in [6.07, 6.45) is 7.90. The number of fused-ring (bicyclic) bond motifs is 2. The third kappa shape index (κ3) is 9.62. The Hall–Kier alpha value is -4.17. The summed E-state index contributed by atoms with van der Waals surface area (Å²) in [5.41, 5.74) is 1.69. The second-order valence-corrected chi connectivity index (χ2v) is 15.6. The van der Waals surface area contributed by atoms with Gasteiger partial charge in [0.25, 0.3) is 5.69 Å². The Morgan fingerprint density at radius 1 is 1.13 bits per heavy atom. The van der Waals surface area contributed by atoms with E-state index in [9.17, 15) is 25.1 Å². The molecule has 1 heterocycles. The molecule has 13 nitrogen and oxygen atoms in total. The van der Waals surface area contributed by atoms with Crippen molar-refractivity contribution in [3.8, 4) is 17.2 Å². The second-order valence-electron chi connectivity index (χ2n) is 15.2. The highest BCUT2D eigenvalue weighted by Gasteiger charge is 2.65. The van der Waals surface area contributed by atoms with Gasteiger partial charge in [-0.05, 0) is 88.1 Å². The predicted octanol–water partition coefficient (Wildman–Crippen LogP) is 8.13. The third-order valence-electron chi connectivity index (χ3n) is 10.4. The number of oxime groups is 1. The predicted molar refractivity (Wildman–Crippen MR) is 209 cm³/mol. The Morgan fingerprint density at radius 3 is 2.53 bits per heavy atom. The van der Waals surface area contributed by atoms with Crippen LogP contribution in [0.1, 0.15) is 77.2 Å². The quantitative estimate of drug-likeness (QED) is 0.0496. The molecule has 0 unspecified atom stereocenters. The maximum atomic E-state index is 13.7. The fraction of sp³-hybridized carbons (Fsp3) is 0.561. The van der Waals surface area contributed by atoms with Crippen LogP contribution in [0.25, 0.3) is 0 Å². The van der Waals surface area contributed by atoms with Gasteiger partial charge in [-0.3, -0.25) is 10.1 Å². The van der Waals surface area contributed by atoms with Gasteiger partial charge in [0.1, 0.15) is 35.5 Å². The van der Waals surface area contributed by atoms with Gasteiger partial charge in [0.2, 0.25) is 5.79 Å². The van der Waals surface area contributed by atoms with E-state index in [1.165, 1.54) is 17.0 Å². The Kier molecular flexibility index (Phi) is 14.2. The van der Waals surface area contributed by atoms with Gasteiger partial charge in [0, 0.05) is 44.2 Å². The van der Waals surface area contributed by atoms with Gasteiger partial charge >= 0.3 is 6.09 Å². The van der Waals surface area contributed by atoms with Crippen molar-refractivity contribution in [1.29, 1.82) is 0 Å². The number of likely N-dealkylation sites (N-methyl/N-ethyl adjacent to an activating group) is 1. The van der Waals surface area contributed by atoms with Crippen LogP contribution in [0.2, 0.25) is 0 Å². The largest absolute Gasteiger partial charge is 0.459 e. The number of non-ortho nitro benzene ring substituents is 1. The number of hydrogen-bond donors (Lipinski definition) is 2. The summed E-state index contributed by atoms with van der Waals surface area (Å²) in [7, 11) is 1.65. The molecule has 1 saturated carbocycles. The number of aliphatic hydroxyl groups excluding tert-OH is 2. The van der Waals surface area contributed by atoms with Crippen molar-refractivity contribution >= 4 is 29.1 Å². The van der Waals surface area contributed by atoms with Crippen molar-refractivity contribution in [3.63, 3.8) is 0 Å². The van der Waals surface area contributed by atoms with Gasteiger partial charge < -0.3 is 38.9 Å². The number of rotatable bonds is 18. The van der Waals surface area contributed by atoms with Crippen LogP contribution in [0.15, 0.2) is 71.9 Å². The molecule has 2 aromatic carbocycles. The standard InChI is InChI=1S/C41H54ClN3O10/c1-6-21-52-41-36(44(5)39(48)51-22-18-42)26-34(43-55-40(2,3)4)32-23-27(12-7-9-19-46)31(15-8-10-20-47)37(38(32)41)33-25-30(16-17-35(33)54-41)53-29-14-11-13-28(24-29)45(49)50/h6,11,13-14,16-17,23-25,27,31,36-38,46-47H,1,7-10,12,15,18-22,26H2,2-5H3/t27-,31+,36-,37+,38+,41+/m0/s1. The summed E-state index contributed by atoms with van der Waals surface area (Å²) in [4.78, 5) is 32.3. The Balaban J connectivity index is 1.76. The Morgan fingerprint density at radius 2 is 1.85 bits per heavy atom. The summed E-state index contributed by atoms with van der Waals surface area (Å²) in [6, 6.07) is 10.8. The molecule has 300 valence electrons. The summed E-state index contributed by atoms with van der Waals surface area (Å²) < 4.78 is 25.8. The van der Waals surface area contributed by atoms with E-state index in [1.54, 1.807) is 31.3 Å². The summed E-state index contributed by atoms with van der Waals surface area (Å²) in [5, 5.41) is 35.9. The van der Waals surface area contributed by atoms with Crippen molar-refractivity contribution in [2.45, 2.75) is 89.1 Å². The molecule has 6 atom stereocenters. The first-order chi connectivity index (χ1) is 26.4. The lowest BCUT2D eigenvalue weighted by Gasteiger charge is -2.59. The van der Waals surface area contributed by atoms with Gasteiger partial charge in [-0.25, -0.2) is 4.79 Å². The number of halogens is 1. The number of nitrogens with zero attached hydrogens (tertiary/aromatic N) is 3. The summed E-state index contributed by atoms with van der Waals surface area (Å²) in [6.45, 7) is 9.96. The van der Waals surface area contributed by atoms with Gasteiger partial charge in [0.05, 0.1) is 35.1 Å². The number of aliphatic hydroxyl groups is 2. The SMILES string of the molecule is C=CCO[C@@]12Oc3ccc(Oc4cccc([N+](=O)[O-])c4)cc3[C@H]3[C@H](CCCCO)[C@@H](CCCCO)C=C(C(=NOC(C)(C)C)C[C@@H]1N(C)C(=O)OCCCl)[C@H]32. The average Bonchev–Trinajstić information content (AvgIpc) is 3.16. The fourth-order valence-electron chi connectivity index (χ4n) is 8.13. The van der Waals surface area contributed by atoms with Crippen LogP contribution in [0, 0.1) is 27.9 Å². The zero-order chi connectivity index (χ0) is 39.8. The van der Waals surface area contributed by atoms with E-state index in [1.807, 2.05) is 32.9 Å². The van der Waals surface area contributed by atoms with Crippen LogP contribution in [0.5, 0.6) is 17.2 Å². The summed E-state index contributed by atoms with van der Waals surface area (Å²) in [5.74, 6) is -0.775. The van der Waals surface area contributed by atoms with Crippen LogP contribution in [-0.4, -0.2) is 88.6 Å². The highest BCUT2D eigenvalue weighted by atomic mass is 35.5. The monoisotopic (exact) mass is 783 g/mol. The molecule has 2 aliphatic carbocycles. The average molecular weight is 784 g/mol. The molecule has 14 heteroatoms. The molecule has 2 aromatic rings. The molecule has 55 heavy (non-hydrogen) atoms. The van der Waals surface area contributed by atoms with Crippen molar-refractivity contribution in [2.75, 3.05) is 39.4 Å². The Bertz CT molecular complexity index is 1730. The minimum absolute atomic E-state index is 0.00143. The van der Waals surface area contributed by atoms with Gasteiger partial charge in [-0.2, -0.15) is 0 Å². The molecule has 1 amide bonds. The molecule has 1 fully saturated rings. The number of hydrogen-bond acceptors (Lipinski definition) is 11.